The zero-order valence-corrected chi connectivity index (χ0v) is 24.6. The molecule has 5 rings (SSSR count). The van der Waals surface area contributed by atoms with E-state index in [0.717, 1.165) is 22.4 Å². The molecule has 0 bridgehead atoms. The molecular formula is C30H30N8O5S. The zero-order valence-electron chi connectivity index (χ0n) is 23.8. The molecule has 4 aromatic rings. The number of nitro benzene ring substituents is 1. The van der Waals surface area contributed by atoms with E-state index in [2.05, 4.69) is 20.6 Å². The van der Waals surface area contributed by atoms with E-state index in [1.807, 2.05) is 35.1 Å². The van der Waals surface area contributed by atoms with Crippen LogP contribution in [0.5, 0.6) is 0 Å². The van der Waals surface area contributed by atoms with E-state index in [1.54, 1.807) is 41.7 Å². The number of hydrogen-bond donors (Lipinski definition) is 3. The van der Waals surface area contributed by atoms with E-state index >= 15 is 0 Å². The Labute approximate surface area is 257 Å². The maximum atomic E-state index is 14.0. The van der Waals surface area contributed by atoms with Gasteiger partial charge in [0.05, 0.1) is 34.7 Å². The van der Waals surface area contributed by atoms with Crippen LogP contribution in [0.25, 0.3) is 0 Å². The van der Waals surface area contributed by atoms with Crippen LogP contribution in [0.15, 0.2) is 78.2 Å². The van der Waals surface area contributed by atoms with Gasteiger partial charge in [-0.15, -0.1) is 11.8 Å². The molecule has 1 unspecified atom stereocenters. The molecule has 13 nitrogen and oxygen atoms in total. The van der Waals surface area contributed by atoms with Crippen LogP contribution in [0.2, 0.25) is 0 Å². The summed E-state index contributed by atoms with van der Waals surface area (Å²) in [7, 11) is 0. The Balaban J connectivity index is 1.37. The Bertz CT molecular complexity index is 1690. The molecular weight excluding hydrogens is 584 g/mol. The number of aromatic nitrogens is 3. The lowest BCUT2D eigenvalue weighted by Gasteiger charge is -2.35. The number of primary amides is 1. The number of nitro groups is 1. The summed E-state index contributed by atoms with van der Waals surface area (Å²) in [6, 6.07) is 15.6. The Morgan fingerprint density at radius 3 is 2.30 bits per heavy atom. The minimum absolute atomic E-state index is 0.00383. The van der Waals surface area contributed by atoms with Crippen LogP contribution in [0.3, 0.4) is 0 Å². The molecule has 226 valence electrons. The molecule has 44 heavy (non-hydrogen) atoms. The molecule has 0 saturated heterocycles. The molecule has 0 fully saturated rings. The van der Waals surface area contributed by atoms with Gasteiger partial charge >= 0.3 is 6.03 Å². The first-order chi connectivity index (χ1) is 21.2. The summed E-state index contributed by atoms with van der Waals surface area (Å²) in [5, 5.41) is 17.1. The number of amides is 4. The van der Waals surface area contributed by atoms with Gasteiger partial charge in [-0.1, -0.05) is 36.4 Å². The van der Waals surface area contributed by atoms with E-state index in [0.29, 0.717) is 29.4 Å². The first kappa shape index (κ1) is 30.2. The second-order valence-corrected chi connectivity index (χ2v) is 10.9. The number of carbonyl (C=O) groups is 3. The normalized spacial score (nSPS) is 14.0. The van der Waals surface area contributed by atoms with Crippen LogP contribution in [-0.2, 0) is 37.4 Å². The van der Waals surface area contributed by atoms with Gasteiger partial charge in [-0.3, -0.25) is 19.7 Å². The van der Waals surface area contributed by atoms with Crippen molar-refractivity contribution in [2.24, 2.45) is 5.73 Å². The van der Waals surface area contributed by atoms with Crippen LogP contribution in [0.4, 0.5) is 10.5 Å². The van der Waals surface area contributed by atoms with Crippen LogP contribution in [-0.4, -0.2) is 54.5 Å². The van der Waals surface area contributed by atoms with Gasteiger partial charge in [-0.05, 0) is 35.1 Å². The fourth-order valence-electron chi connectivity index (χ4n) is 5.01. The summed E-state index contributed by atoms with van der Waals surface area (Å²) in [6.45, 7) is 1.08. The average Bonchev–Trinajstić information content (AvgIpc) is 3.43. The third-order valence-electron chi connectivity index (χ3n) is 7.33. The number of urea groups is 1. The smallest absolute Gasteiger partial charge is 0.312 e. The van der Waals surface area contributed by atoms with Gasteiger partial charge in [0, 0.05) is 44.4 Å². The maximum Gasteiger partial charge on any atom is 0.312 e. The van der Waals surface area contributed by atoms with Crippen molar-refractivity contribution >= 4 is 35.3 Å². The van der Waals surface area contributed by atoms with Gasteiger partial charge in [-0.25, -0.2) is 14.8 Å². The highest BCUT2D eigenvalue weighted by Crippen LogP contribution is 2.28. The largest absolute Gasteiger partial charge is 0.352 e. The molecule has 0 aliphatic carbocycles. The Morgan fingerprint density at radius 1 is 1.00 bits per heavy atom. The lowest BCUT2D eigenvalue weighted by molar-refractivity contribution is -0.384. The van der Waals surface area contributed by atoms with E-state index in [4.69, 9.17) is 5.73 Å². The van der Waals surface area contributed by atoms with Crippen molar-refractivity contribution in [2.45, 2.75) is 43.7 Å². The summed E-state index contributed by atoms with van der Waals surface area (Å²) in [6.07, 6.45) is 5.34. The van der Waals surface area contributed by atoms with Crippen molar-refractivity contribution in [2.75, 3.05) is 6.26 Å². The summed E-state index contributed by atoms with van der Waals surface area (Å²) < 4.78 is 1.90. The number of rotatable bonds is 10. The first-order valence-electron chi connectivity index (χ1n) is 13.7. The molecule has 1 aliphatic heterocycles. The van der Waals surface area contributed by atoms with Gasteiger partial charge < -0.3 is 25.8 Å². The number of carbonyl (C=O) groups excluding carboxylic acids is 3. The minimum Gasteiger partial charge on any atom is -0.352 e. The second-order valence-electron chi connectivity index (χ2n) is 10.2. The fourth-order valence-corrected chi connectivity index (χ4v) is 5.55. The highest BCUT2D eigenvalue weighted by molar-refractivity contribution is 7.98. The number of hydrogen-bond acceptors (Lipinski definition) is 8. The van der Waals surface area contributed by atoms with E-state index in [1.165, 1.54) is 23.9 Å². The first-order valence-corrected chi connectivity index (χ1v) is 14.9. The van der Waals surface area contributed by atoms with Crippen LogP contribution in [0.1, 0.15) is 38.4 Å². The summed E-state index contributed by atoms with van der Waals surface area (Å²) in [5.41, 5.74) is 9.58. The number of nitrogens with one attached hydrogen (secondary N) is 2. The standard InChI is InChI=1S/C30H30N8O5S/c1-44-28-23(3-2-12-32-28)29(40)37-17-26-24(35-18-36(26)16-21-8-10-22(11-9-21)38(42)43)13-25(37)27(39)33-14-19-4-6-20(7-5-19)15-34-30(31)41/h2-12,18,25H,13-17H2,1H3,(H,33,39)(H3,31,34,41). The van der Waals surface area contributed by atoms with Crippen molar-refractivity contribution in [3.05, 3.63) is 117 Å². The van der Waals surface area contributed by atoms with Crippen molar-refractivity contribution in [3.8, 4) is 0 Å². The number of thioether (sulfide) groups is 1. The molecule has 2 aromatic carbocycles. The van der Waals surface area contributed by atoms with Gasteiger partial charge in [0.25, 0.3) is 11.6 Å². The van der Waals surface area contributed by atoms with E-state index in [-0.39, 0.29) is 37.0 Å². The lowest BCUT2D eigenvalue weighted by atomic mass is 10.00. The Hall–Kier alpha value is -5.24. The van der Waals surface area contributed by atoms with E-state index in [9.17, 15) is 24.5 Å². The lowest BCUT2D eigenvalue weighted by Crippen LogP contribution is -2.52. The van der Waals surface area contributed by atoms with Crippen LogP contribution < -0.4 is 16.4 Å². The third-order valence-corrected chi connectivity index (χ3v) is 8.04. The number of benzene rings is 2. The van der Waals surface area contributed by atoms with Crippen molar-refractivity contribution in [1.29, 1.82) is 0 Å². The fraction of sp³-hybridized carbons (Fsp3) is 0.233. The summed E-state index contributed by atoms with van der Waals surface area (Å²) in [5.74, 6) is -0.634. The molecule has 1 atom stereocenters. The number of imidazole rings is 1. The second kappa shape index (κ2) is 13.4. The summed E-state index contributed by atoms with van der Waals surface area (Å²) in [4.78, 5) is 59.6. The highest BCUT2D eigenvalue weighted by Gasteiger charge is 2.38. The predicted molar refractivity (Wildman–Crippen MR) is 163 cm³/mol. The molecule has 4 N–H and O–H groups in total. The molecule has 1 aliphatic rings. The molecule has 0 saturated carbocycles. The van der Waals surface area contributed by atoms with Crippen molar-refractivity contribution < 1.29 is 19.3 Å². The van der Waals surface area contributed by atoms with Crippen molar-refractivity contribution in [1.82, 2.24) is 30.1 Å². The van der Waals surface area contributed by atoms with E-state index < -0.39 is 17.0 Å². The minimum atomic E-state index is -0.813. The van der Waals surface area contributed by atoms with Crippen molar-refractivity contribution in [3.63, 3.8) is 0 Å². The molecule has 0 radical (unpaired) electrons. The van der Waals surface area contributed by atoms with Crippen LogP contribution in [0, 0.1) is 10.1 Å². The third kappa shape index (κ3) is 6.86. The predicted octanol–water partition coefficient (Wildman–Crippen LogP) is 3.01. The van der Waals surface area contributed by atoms with Gasteiger partial charge in [-0.2, -0.15) is 0 Å². The molecule has 14 heteroatoms. The Kier molecular flexibility index (Phi) is 9.19. The molecule has 2 aromatic heterocycles. The van der Waals surface area contributed by atoms with Gasteiger partial charge in [0.1, 0.15) is 11.1 Å². The van der Waals surface area contributed by atoms with Crippen LogP contribution >= 0.6 is 11.8 Å². The average molecular weight is 615 g/mol. The van der Waals surface area contributed by atoms with Gasteiger partial charge in [0.2, 0.25) is 5.91 Å². The summed E-state index contributed by atoms with van der Waals surface area (Å²) >= 11 is 1.35. The maximum absolute atomic E-state index is 14.0. The zero-order chi connectivity index (χ0) is 31.2. The number of nitrogens with zero attached hydrogens (tertiary/aromatic N) is 5. The number of nitrogens with two attached hydrogens (primary N) is 1. The number of non-ortho nitro benzene ring substituents is 1. The highest BCUT2D eigenvalue weighted by atomic mass is 32.2. The topological polar surface area (TPSA) is 178 Å². The van der Waals surface area contributed by atoms with Gasteiger partial charge in [0.15, 0.2) is 0 Å². The molecule has 4 amide bonds. The molecule has 3 heterocycles. The SMILES string of the molecule is CSc1ncccc1C(=O)N1Cc2c(ncn2Cc2ccc([N+](=O)[O-])cc2)CC1C(=O)NCc1ccc(CNC(N)=O)cc1. The monoisotopic (exact) mass is 614 g/mol. The Morgan fingerprint density at radius 2 is 1.66 bits per heavy atom. The number of fused-ring (bicyclic) bond motifs is 1. The quantitative estimate of drug-likeness (QED) is 0.139. The number of pyridine rings is 1. The molecule has 0 spiro atoms.